The minimum Gasteiger partial charge on any atom is -0.312 e. The van der Waals surface area contributed by atoms with Gasteiger partial charge in [-0.3, -0.25) is 0 Å². The number of nitrogens with zero attached hydrogens (tertiary/aromatic N) is 1. The van der Waals surface area contributed by atoms with Gasteiger partial charge in [0.05, 0.1) is 11.0 Å². The van der Waals surface area contributed by atoms with Crippen molar-refractivity contribution in [2.75, 3.05) is 0 Å². The molecule has 0 bridgehead atoms. The molecule has 1 nitrogen and oxygen atoms in total. The van der Waals surface area contributed by atoms with Crippen LogP contribution in [-0.2, 0) is 11.8 Å². The third-order valence-corrected chi connectivity index (χ3v) is 13.9. The fraction of sp³-hybridized carbons (Fsp3) is 0.158. The van der Waals surface area contributed by atoms with E-state index in [0.717, 1.165) is 12.8 Å². The van der Waals surface area contributed by atoms with Crippen LogP contribution in [0.4, 0.5) is 0 Å². The van der Waals surface area contributed by atoms with Gasteiger partial charge in [-0.05, 0) is 125 Å². The molecule has 58 heavy (non-hydrogen) atoms. The van der Waals surface area contributed by atoms with Gasteiger partial charge in [0.25, 0.3) is 0 Å². The van der Waals surface area contributed by atoms with Crippen LogP contribution in [0.1, 0.15) is 56.4 Å². The van der Waals surface area contributed by atoms with Gasteiger partial charge in [-0.15, -0.1) is 0 Å². The van der Waals surface area contributed by atoms with Crippen LogP contribution in [-0.4, -0.2) is 4.57 Å². The molecule has 3 aliphatic carbocycles. The largest absolute Gasteiger partial charge is 0.312 e. The smallest absolute Gasteiger partial charge is 0.0612 e. The summed E-state index contributed by atoms with van der Waals surface area (Å²) in [6.07, 6.45) is 13.8. The van der Waals surface area contributed by atoms with Gasteiger partial charge in [0.2, 0.25) is 0 Å². The number of fused-ring (bicyclic) bond motifs is 12. The average Bonchev–Trinajstić information content (AvgIpc) is 3.70. The summed E-state index contributed by atoms with van der Waals surface area (Å²) in [5.41, 5.74) is 17.5. The number of hydrogen-bond donors (Lipinski definition) is 0. The monoisotopic (exact) mass is 743 g/mol. The quantitative estimate of drug-likeness (QED) is 0.159. The van der Waals surface area contributed by atoms with E-state index in [1.165, 1.54) is 115 Å². The van der Waals surface area contributed by atoms with Gasteiger partial charge < -0.3 is 4.57 Å². The molecule has 1 heterocycles. The Balaban J connectivity index is 1.15. The molecule has 2 unspecified atom stereocenters. The molecular formula is C57H45N. The van der Waals surface area contributed by atoms with Gasteiger partial charge >= 0.3 is 0 Å². The zero-order valence-electron chi connectivity index (χ0n) is 33.6. The molecule has 2 atom stereocenters. The Morgan fingerprint density at radius 1 is 0.569 bits per heavy atom. The highest BCUT2D eigenvalue weighted by Crippen LogP contribution is 2.55. The second-order valence-corrected chi connectivity index (χ2v) is 17.7. The van der Waals surface area contributed by atoms with Crippen LogP contribution in [0.5, 0.6) is 0 Å². The average molecular weight is 744 g/mol. The van der Waals surface area contributed by atoms with E-state index in [-0.39, 0.29) is 5.41 Å². The standard InChI is InChI=1S/C57H45N/c1-34-25-28-38-36(31-34)26-29-45-47-32-37(27-30-52(47)58(56(38)45)51-24-14-5-15-35(51)2)53-41-18-8-10-20-43(41)54(44-21-11-9-19-42(44)53)48-33-50-55(40-17-7-6-16-39(40)48)46-22-12-13-23-49(46)57(50,3)4/h5-14,16-30,32-35H,15,31H2,1-4H3. The Morgan fingerprint density at radius 3 is 1.95 bits per heavy atom. The first-order valence-electron chi connectivity index (χ1n) is 21.1. The first kappa shape index (κ1) is 33.7. The number of allylic oxidation sites excluding steroid dienone is 5. The lowest BCUT2D eigenvalue weighted by Gasteiger charge is -2.24. The molecule has 8 aromatic carbocycles. The molecule has 0 amide bonds. The molecule has 0 spiro atoms. The van der Waals surface area contributed by atoms with E-state index in [9.17, 15) is 0 Å². The summed E-state index contributed by atoms with van der Waals surface area (Å²) in [5.74, 6) is 0.980. The van der Waals surface area contributed by atoms with Gasteiger partial charge in [0.1, 0.15) is 0 Å². The zero-order valence-corrected chi connectivity index (χ0v) is 33.6. The van der Waals surface area contributed by atoms with Gasteiger partial charge in [-0.25, -0.2) is 0 Å². The third-order valence-electron chi connectivity index (χ3n) is 13.9. The molecule has 1 heteroatoms. The molecule has 12 rings (SSSR count). The lowest BCUT2D eigenvalue weighted by Crippen LogP contribution is -2.15. The lowest BCUT2D eigenvalue weighted by molar-refractivity contribution is 0.661. The highest BCUT2D eigenvalue weighted by atomic mass is 15.0. The predicted octanol–water partition coefficient (Wildman–Crippen LogP) is 15.5. The molecule has 0 saturated heterocycles. The Labute approximate surface area is 340 Å². The maximum Gasteiger partial charge on any atom is 0.0612 e. The summed E-state index contributed by atoms with van der Waals surface area (Å²) in [7, 11) is 0. The van der Waals surface area contributed by atoms with Crippen molar-refractivity contribution in [3.63, 3.8) is 0 Å². The number of hydrogen-bond acceptors (Lipinski definition) is 0. The molecule has 0 aliphatic heterocycles. The van der Waals surface area contributed by atoms with Crippen LogP contribution in [0, 0.1) is 11.8 Å². The first-order valence-corrected chi connectivity index (χ1v) is 21.1. The Bertz CT molecular complexity index is 3280. The van der Waals surface area contributed by atoms with Crippen molar-refractivity contribution in [2.45, 2.75) is 46.0 Å². The SMILES string of the molecule is CC1C=Cc2c(ccc3c4cc(-c5c6ccccc6c(-c6cc7c(c8ccccc68)-c6ccccc6C7(C)C)c6ccccc56)ccc4n(C4=CC=CCC4C)c23)C1. The van der Waals surface area contributed by atoms with Gasteiger partial charge in [0.15, 0.2) is 0 Å². The van der Waals surface area contributed by atoms with E-state index in [4.69, 9.17) is 0 Å². The van der Waals surface area contributed by atoms with Crippen LogP contribution in [0.15, 0.2) is 158 Å². The maximum absolute atomic E-state index is 2.60. The van der Waals surface area contributed by atoms with E-state index in [1.807, 2.05) is 0 Å². The summed E-state index contributed by atoms with van der Waals surface area (Å²) in [5, 5.41) is 10.4. The van der Waals surface area contributed by atoms with E-state index < -0.39 is 0 Å². The van der Waals surface area contributed by atoms with E-state index in [0.29, 0.717) is 11.8 Å². The highest BCUT2D eigenvalue weighted by Gasteiger charge is 2.37. The fourth-order valence-electron chi connectivity index (χ4n) is 11.2. The van der Waals surface area contributed by atoms with Crippen LogP contribution in [0.25, 0.3) is 99.3 Å². The molecule has 9 aromatic rings. The molecule has 0 N–H and O–H groups in total. The molecular weight excluding hydrogens is 699 g/mol. The van der Waals surface area contributed by atoms with Gasteiger partial charge in [-0.2, -0.15) is 0 Å². The van der Waals surface area contributed by atoms with Crippen molar-refractivity contribution in [3.8, 4) is 33.4 Å². The molecule has 278 valence electrons. The van der Waals surface area contributed by atoms with Crippen molar-refractivity contribution >= 4 is 65.9 Å². The minimum absolute atomic E-state index is 0.111. The van der Waals surface area contributed by atoms with E-state index in [1.54, 1.807) is 0 Å². The Morgan fingerprint density at radius 2 is 1.22 bits per heavy atom. The number of benzene rings is 8. The summed E-state index contributed by atoms with van der Waals surface area (Å²) >= 11 is 0. The van der Waals surface area contributed by atoms with Crippen LogP contribution in [0.2, 0.25) is 0 Å². The summed E-state index contributed by atoms with van der Waals surface area (Å²) in [4.78, 5) is 0. The van der Waals surface area contributed by atoms with Crippen molar-refractivity contribution in [3.05, 3.63) is 180 Å². The van der Waals surface area contributed by atoms with Crippen molar-refractivity contribution in [1.29, 1.82) is 0 Å². The number of rotatable bonds is 3. The maximum atomic E-state index is 2.60. The second kappa shape index (κ2) is 12.3. The van der Waals surface area contributed by atoms with E-state index >= 15 is 0 Å². The minimum atomic E-state index is -0.111. The fourth-order valence-corrected chi connectivity index (χ4v) is 11.2. The van der Waals surface area contributed by atoms with Crippen LogP contribution < -0.4 is 0 Å². The Hall–Kier alpha value is -6.44. The summed E-state index contributed by atoms with van der Waals surface area (Å²) < 4.78 is 2.60. The molecule has 3 aliphatic rings. The van der Waals surface area contributed by atoms with Crippen LogP contribution in [0.3, 0.4) is 0 Å². The van der Waals surface area contributed by atoms with Gasteiger partial charge in [-0.1, -0.05) is 167 Å². The molecule has 0 saturated carbocycles. The molecule has 1 aromatic heterocycles. The van der Waals surface area contributed by atoms with Gasteiger partial charge in [0, 0.05) is 33.4 Å². The van der Waals surface area contributed by atoms with Crippen molar-refractivity contribution < 1.29 is 0 Å². The topological polar surface area (TPSA) is 4.93 Å². The zero-order chi connectivity index (χ0) is 38.9. The highest BCUT2D eigenvalue weighted by molar-refractivity contribution is 6.25. The van der Waals surface area contributed by atoms with Crippen molar-refractivity contribution in [2.24, 2.45) is 11.8 Å². The van der Waals surface area contributed by atoms with E-state index in [2.05, 4.69) is 196 Å². The lowest BCUT2D eigenvalue weighted by atomic mass is 9.79. The normalized spacial score (nSPS) is 18.0. The molecule has 0 fully saturated rings. The summed E-state index contributed by atoms with van der Waals surface area (Å²) in [6.45, 7) is 9.50. The van der Waals surface area contributed by atoms with Crippen LogP contribution >= 0.6 is 0 Å². The van der Waals surface area contributed by atoms with Crippen molar-refractivity contribution in [1.82, 2.24) is 4.57 Å². The Kier molecular flexibility index (Phi) is 7.13. The second-order valence-electron chi connectivity index (χ2n) is 17.7. The number of aromatic nitrogens is 1. The third kappa shape index (κ3) is 4.59. The molecule has 0 radical (unpaired) electrons. The first-order chi connectivity index (χ1) is 28.4. The summed E-state index contributed by atoms with van der Waals surface area (Å²) in [6, 6.07) is 51.1. The predicted molar refractivity (Wildman–Crippen MR) is 249 cm³/mol.